The zero-order valence-electron chi connectivity index (χ0n) is 14.7. The molecule has 134 valence electrons. The zero-order chi connectivity index (χ0) is 18.7. The molecule has 2 aromatic carbocycles. The molecule has 0 radical (unpaired) electrons. The normalized spacial score (nSPS) is 17.8. The standard InChI is InChI=1S/C22H22O4/c1-14-9-15(5-7-20(14)24)10-17-3-2-4-18(22(17)26)11-16-6-8-21(25)19(12-16)13-23/h5-12,23-25H,2-4,13H2,1H3/b17-10+,18-11+. The van der Waals surface area contributed by atoms with Gasteiger partial charge in [-0.05, 0) is 79.3 Å². The molecule has 4 heteroatoms. The van der Waals surface area contributed by atoms with Crippen molar-refractivity contribution < 1.29 is 20.1 Å². The maximum atomic E-state index is 12.8. The zero-order valence-corrected chi connectivity index (χ0v) is 14.7. The van der Waals surface area contributed by atoms with Gasteiger partial charge in [0, 0.05) is 16.7 Å². The fourth-order valence-electron chi connectivity index (χ4n) is 3.17. The molecule has 0 unspecified atom stereocenters. The predicted molar refractivity (Wildman–Crippen MR) is 102 cm³/mol. The van der Waals surface area contributed by atoms with Crippen LogP contribution in [0.2, 0.25) is 0 Å². The molecular formula is C22H22O4. The number of hydrogen-bond donors (Lipinski definition) is 3. The Hall–Kier alpha value is -2.85. The molecule has 1 aliphatic rings. The number of allylic oxidation sites excluding steroid dienone is 2. The van der Waals surface area contributed by atoms with E-state index in [2.05, 4.69) is 0 Å². The van der Waals surface area contributed by atoms with Crippen molar-refractivity contribution in [1.82, 2.24) is 0 Å². The van der Waals surface area contributed by atoms with Crippen LogP contribution < -0.4 is 0 Å². The van der Waals surface area contributed by atoms with Crippen LogP contribution in [0.25, 0.3) is 12.2 Å². The summed E-state index contributed by atoms with van der Waals surface area (Å²) in [5, 5.41) is 28.6. The molecular weight excluding hydrogens is 328 g/mol. The number of rotatable bonds is 3. The lowest BCUT2D eigenvalue weighted by Crippen LogP contribution is -2.12. The van der Waals surface area contributed by atoms with E-state index in [-0.39, 0.29) is 23.9 Å². The van der Waals surface area contributed by atoms with Crippen molar-refractivity contribution in [3.8, 4) is 11.5 Å². The van der Waals surface area contributed by atoms with Crippen LogP contribution in [0.15, 0.2) is 47.5 Å². The quantitative estimate of drug-likeness (QED) is 0.728. The third-order valence-corrected chi connectivity index (χ3v) is 4.65. The summed E-state index contributed by atoms with van der Waals surface area (Å²) in [7, 11) is 0. The van der Waals surface area contributed by atoms with Crippen LogP contribution in [-0.4, -0.2) is 21.1 Å². The third-order valence-electron chi connectivity index (χ3n) is 4.65. The Balaban J connectivity index is 1.89. The van der Waals surface area contributed by atoms with Crippen LogP contribution in [0.4, 0.5) is 0 Å². The maximum absolute atomic E-state index is 12.8. The second kappa shape index (κ2) is 7.58. The summed E-state index contributed by atoms with van der Waals surface area (Å²) in [5.41, 5.74) is 4.40. The average Bonchev–Trinajstić information content (AvgIpc) is 2.63. The lowest BCUT2D eigenvalue weighted by Gasteiger charge is -2.17. The van der Waals surface area contributed by atoms with Crippen LogP contribution >= 0.6 is 0 Å². The first-order valence-electron chi connectivity index (χ1n) is 8.66. The highest BCUT2D eigenvalue weighted by Gasteiger charge is 2.20. The topological polar surface area (TPSA) is 77.8 Å². The Morgan fingerprint density at radius 2 is 1.50 bits per heavy atom. The first-order valence-corrected chi connectivity index (χ1v) is 8.66. The average molecular weight is 350 g/mol. The van der Waals surface area contributed by atoms with Crippen molar-refractivity contribution in [2.75, 3.05) is 0 Å². The summed E-state index contributed by atoms with van der Waals surface area (Å²) in [4.78, 5) is 12.8. The highest BCUT2D eigenvalue weighted by Crippen LogP contribution is 2.29. The molecule has 1 saturated carbocycles. The molecule has 0 heterocycles. The number of aryl methyl sites for hydroxylation is 1. The molecule has 0 saturated heterocycles. The van der Waals surface area contributed by atoms with Gasteiger partial charge in [-0.3, -0.25) is 4.79 Å². The molecule has 3 N–H and O–H groups in total. The fraction of sp³-hybridized carbons (Fsp3) is 0.227. The summed E-state index contributed by atoms with van der Waals surface area (Å²) in [6.45, 7) is 1.58. The Morgan fingerprint density at radius 3 is 2.08 bits per heavy atom. The van der Waals surface area contributed by atoms with E-state index < -0.39 is 0 Å². The van der Waals surface area contributed by atoms with Gasteiger partial charge in [-0.15, -0.1) is 0 Å². The number of carbonyl (C=O) groups is 1. The number of benzene rings is 2. The first kappa shape index (κ1) is 18.0. The van der Waals surface area contributed by atoms with E-state index in [4.69, 9.17) is 0 Å². The number of carbonyl (C=O) groups excluding carboxylic acids is 1. The Labute approximate surface area is 152 Å². The van der Waals surface area contributed by atoms with Gasteiger partial charge in [0.05, 0.1) is 6.61 Å². The Bertz CT molecular complexity index is 906. The van der Waals surface area contributed by atoms with Gasteiger partial charge < -0.3 is 15.3 Å². The van der Waals surface area contributed by atoms with Crippen LogP contribution in [0.1, 0.15) is 41.5 Å². The molecule has 0 spiro atoms. The van der Waals surface area contributed by atoms with E-state index in [1.54, 1.807) is 24.3 Å². The predicted octanol–water partition coefficient (Wildman–Crippen LogP) is 4.12. The van der Waals surface area contributed by atoms with Crippen LogP contribution in [-0.2, 0) is 11.4 Å². The fourth-order valence-corrected chi connectivity index (χ4v) is 3.17. The van der Waals surface area contributed by atoms with Gasteiger partial charge in [0.1, 0.15) is 11.5 Å². The molecule has 0 bridgehead atoms. The van der Waals surface area contributed by atoms with Crippen LogP contribution in [0, 0.1) is 6.92 Å². The van der Waals surface area contributed by atoms with E-state index in [1.807, 2.05) is 25.1 Å². The van der Waals surface area contributed by atoms with Crippen molar-refractivity contribution in [1.29, 1.82) is 0 Å². The second-order valence-corrected chi connectivity index (χ2v) is 6.61. The summed E-state index contributed by atoms with van der Waals surface area (Å²) < 4.78 is 0. The van der Waals surface area contributed by atoms with Gasteiger partial charge in [-0.1, -0.05) is 12.1 Å². The Kier molecular flexibility index (Phi) is 5.24. The van der Waals surface area contributed by atoms with Gasteiger partial charge in [0.25, 0.3) is 0 Å². The smallest absolute Gasteiger partial charge is 0.185 e. The molecule has 1 fully saturated rings. The van der Waals surface area contributed by atoms with Crippen molar-refractivity contribution in [2.45, 2.75) is 32.8 Å². The molecule has 1 aliphatic carbocycles. The van der Waals surface area contributed by atoms with Crippen LogP contribution in [0.5, 0.6) is 11.5 Å². The number of aliphatic hydroxyl groups is 1. The third kappa shape index (κ3) is 3.86. The van der Waals surface area contributed by atoms with E-state index in [0.29, 0.717) is 12.0 Å². The number of aliphatic hydroxyl groups excluding tert-OH is 1. The Morgan fingerprint density at radius 1 is 0.923 bits per heavy atom. The highest BCUT2D eigenvalue weighted by molar-refractivity contribution is 6.14. The van der Waals surface area contributed by atoms with Gasteiger partial charge >= 0.3 is 0 Å². The molecule has 26 heavy (non-hydrogen) atoms. The summed E-state index contributed by atoms with van der Waals surface area (Å²) in [5.74, 6) is 0.322. The molecule has 2 aromatic rings. The SMILES string of the molecule is Cc1cc(/C=C2\CCC/C(=C\c3ccc(O)c(CO)c3)C2=O)ccc1O. The molecule has 0 amide bonds. The largest absolute Gasteiger partial charge is 0.508 e. The van der Waals surface area contributed by atoms with E-state index in [0.717, 1.165) is 40.7 Å². The second-order valence-electron chi connectivity index (χ2n) is 6.61. The number of Topliss-reactive ketones (excluding diaryl/α,β-unsaturated/α-hetero) is 1. The minimum Gasteiger partial charge on any atom is -0.508 e. The van der Waals surface area contributed by atoms with Gasteiger partial charge in [0.15, 0.2) is 5.78 Å². The minimum atomic E-state index is -0.248. The van der Waals surface area contributed by atoms with Crippen molar-refractivity contribution in [2.24, 2.45) is 0 Å². The summed E-state index contributed by atoms with van der Waals surface area (Å²) in [6, 6.07) is 10.3. The van der Waals surface area contributed by atoms with Crippen molar-refractivity contribution >= 4 is 17.9 Å². The number of phenols is 2. The number of ketones is 1. The van der Waals surface area contributed by atoms with E-state index in [9.17, 15) is 20.1 Å². The number of phenolic OH excluding ortho intramolecular Hbond substituents is 1. The summed E-state index contributed by atoms with van der Waals surface area (Å²) >= 11 is 0. The highest BCUT2D eigenvalue weighted by atomic mass is 16.3. The maximum Gasteiger partial charge on any atom is 0.185 e. The minimum absolute atomic E-state index is 0.0283. The van der Waals surface area contributed by atoms with Crippen LogP contribution in [0.3, 0.4) is 0 Å². The molecule has 0 aromatic heterocycles. The van der Waals surface area contributed by atoms with E-state index >= 15 is 0 Å². The van der Waals surface area contributed by atoms with E-state index in [1.165, 1.54) is 6.07 Å². The monoisotopic (exact) mass is 350 g/mol. The van der Waals surface area contributed by atoms with Crippen molar-refractivity contribution in [3.05, 3.63) is 69.8 Å². The molecule has 3 rings (SSSR count). The van der Waals surface area contributed by atoms with Gasteiger partial charge in [0.2, 0.25) is 0 Å². The molecule has 0 atom stereocenters. The molecule has 0 aliphatic heterocycles. The van der Waals surface area contributed by atoms with Gasteiger partial charge in [-0.25, -0.2) is 0 Å². The van der Waals surface area contributed by atoms with Gasteiger partial charge in [-0.2, -0.15) is 0 Å². The lowest BCUT2D eigenvalue weighted by molar-refractivity contribution is -0.112. The number of hydrogen-bond acceptors (Lipinski definition) is 4. The summed E-state index contributed by atoms with van der Waals surface area (Å²) in [6.07, 6.45) is 6.05. The molecule has 4 nitrogen and oxygen atoms in total. The lowest BCUT2D eigenvalue weighted by atomic mass is 9.86. The number of aromatic hydroxyl groups is 2. The van der Waals surface area contributed by atoms with Crippen molar-refractivity contribution in [3.63, 3.8) is 0 Å². The first-order chi connectivity index (χ1) is 12.5.